The first kappa shape index (κ1) is 19.5. The van der Waals surface area contributed by atoms with E-state index >= 15 is 0 Å². The van der Waals surface area contributed by atoms with Gasteiger partial charge in [-0.1, -0.05) is 0 Å². The van der Waals surface area contributed by atoms with E-state index in [0.29, 0.717) is 54.3 Å². The smallest absolute Gasteiger partial charge is 0.404 e. The molecule has 4 rings (SSSR count). The van der Waals surface area contributed by atoms with Gasteiger partial charge in [0, 0.05) is 30.4 Å². The molecule has 0 spiro atoms. The Morgan fingerprint density at radius 2 is 1.97 bits per heavy atom. The largest absolute Gasteiger partial charge is 0.465 e. The van der Waals surface area contributed by atoms with Crippen molar-refractivity contribution in [1.29, 1.82) is 0 Å². The van der Waals surface area contributed by atoms with Gasteiger partial charge in [-0.15, -0.1) is 0 Å². The quantitative estimate of drug-likeness (QED) is 0.532. The maximum Gasteiger partial charge on any atom is 0.404 e. The Balaban J connectivity index is 1.71. The van der Waals surface area contributed by atoms with Crippen LogP contribution in [0, 0.1) is 5.82 Å². The number of carbonyl (C=O) groups is 2. The minimum Gasteiger partial charge on any atom is -0.465 e. The van der Waals surface area contributed by atoms with Gasteiger partial charge in [0.25, 0.3) is 5.91 Å². The summed E-state index contributed by atoms with van der Waals surface area (Å²) in [6, 6.07) is 5.89. The van der Waals surface area contributed by atoms with Crippen LogP contribution < -0.4 is 11.1 Å². The maximum atomic E-state index is 13.2. The molecule has 0 fully saturated rings. The van der Waals surface area contributed by atoms with Gasteiger partial charge in [-0.3, -0.25) is 9.48 Å². The number of halogens is 1. The number of aryl methyl sites for hydroxylation is 2. The molecule has 0 radical (unpaired) electrons. The van der Waals surface area contributed by atoms with Gasteiger partial charge in [-0.05, 0) is 49.1 Å². The van der Waals surface area contributed by atoms with Gasteiger partial charge in [-0.2, -0.15) is 5.10 Å². The highest BCUT2D eigenvalue weighted by molar-refractivity contribution is 5.95. The molecule has 0 saturated heterocycles. The van der Waals surface area contributed by atoms with Gasteiger partial charge in [0.2, 0.25) is 0 Å². The summed E-state index contributed by atoms with van der Waals surface area (Å²) in [5.41, 5.74) is 9.42. The fourth-order valence-corrected chi connectivity index (χ4v) is 3.58. The number of benzene rings is 1. The van der Waals surface area contributed by atoms with Crippen LogP contribution in [0.3, 0.4) is 0 Å². The lowest BCUT2D eigenvalue weighted by atomic mass is 9.93. The summed E-state index contributed by atoms with van der Waals surface area (Å²) in [6.07, 6.45) is 2.28. The Labute approximate surface area is 170 Å². The van der Waals surface area contributed by atoms with Gasteiger partial charge < -0.3 is 16.2 Å². The number of nitrogens with two attached hydrogens (primary N) is 1. The van der Waals surface area contributed by atoms with E-state index in [1.807, 2.05) is 0 Å². The molecule has 1 aromatic carbocycles. The van der Waals surface area contributed by atoms with E-state index < -0.39 is 12.0 Å². The minimum atomic E-state index is -1.11. The lowest BCUT2D eigenvalue weighted by Crippen LogP contribution is -2.24. The number of amides is 2. The fraction of sp³-hybridized carbons (Fsp3) is 0.250. The Morgan fingerprint density at radius 1 is 1.20 bits per heavy atom. The van der Waals surface area contributed by atoms with Crippen LogP contribution in [-0.4, -0.2) is 43.4 Å². The summed E-state index contributed by atoms with van der Waals surface area (Å²) in [5, 5.41) is 15.5. The van der Waals surface area contributed by atoms with Crippen molar-refractivity contribution in [1.82, 2.24) is 25.1 Å². The van der Waals surface area contributed by atoms with Gasteiger partial charge >= 0.3 is 6.09 Å². The second-order valence-corrected chi connectivity index (χ2v) is 6.92. The van der Waals surface area contributed by atoms with Crippen molar-refractivity contribution in [3.63, 3.8) is 0 Å². The second kappa shape index (κ2) is 7.90. The summed E-state index contributed by atoms with van der Waals surface area (Å²) in [5.74, 6) is -0.505. The molecule has 0 bridgehead atoms. The van der Waals surface area contributed by atoms with Gasteiger partial charge in [0.1, 0.15) is 17.2 Å². The Kier molecular flexibility index (Phi) is 5.13. The third-order valence-electron chi connectivity index (χ3n) is 4.94. The number of carbonyl (C=O) groups excluding carboxylic acids is 1. The van der Waals surface area contributed by atoms with Crippen molar-refractivity contribution < 1.29 is 19.1 Å². The Hall–Kier alpha value is -3.82. The molecule has 10 heteroatoms. The van der Waals surface area contributed by atoms with Crippen LogP contribution in [0.1, 0.15) is 28.0 Å². The van der Waals surface area contributed by atoms with E-state index in [4.69, 9.17) is 10.8 Å². The number of hydrogen-bond acceptors (Lipinski definition) is 5. The van der Waals surface area contributed by atoms with Crippen molar-refractivity contribution in [3.05, 3.63) is 53.1 Å². The summed E-state index contributed by atoms with van der Waals surface area (Å²) >= 11 is 0. The fourth-order valence-electron chi connectivity index (χ4n) is 3.58. The van der Waals surface area contributed by atoms with E-state index in [2.05, 4.69) is 20.4 Å². The number of aromatic nitrogens is 4. The highest BCUT2D eigenvalue weighted by Crippen LogP contribution is 2.34. The molecular weight excluding hydrogens is 391 g/mol. The van der Waals surface area contributed by atoms with Crippen LogP contribution in [-0.2, 0) is 19.4 Å². The number of nitrogens with zero attached hydrogens (tertiary/aromatic N) is 4. The molecule has 4 N–H and O–H groups in total. The molecular formula is C20H19FN6O3. The molecule has 2 heterocycles. The van der Waals surface area contributed by atoms with Crippen molar-refractivity contribution in [3.8, 4) is 22.8 Å². The van der Waals surface area contributed by atoms with Gasteiger partial charge in [-0.25, -0.2) is 19.2 Å². The summed E-state index contributed by atoms with van der Waals surface area (Å²) in [4.78, 5) is 31.7. The van der Waals surface area contributed by atoms with Crippen LogP contribution in [0.4, 0.5) is 9.18 Å². The zero-order chi connectivity index (χ0) is 21.3. The topological polar surface area (TPSA) is 136 Å². The molecule has 9 nitrogen and oxygen atoms in total. The standard InChI is InChI=1S/C20H19FN6O3/c21-13-5-2-11(3-6-13)19-24-10-12-4-7-14-16(15(12)25-19)26-27(17(14)18(22)28)9-1-8-23-20(29)30/h2-3,5-6,10,23H,1,4,7-9H2,(H2,22,28)(H,29,30). The Morgan fingerprint density at radius 3 is 2.67 bits per heavy atom. The molecule has 0 unspecified atom stereocenters. The number of primary amides is 1. The molecule has 2 aromatic heterocycles. The zero-order valence-electron chi connectivity index (χ0n) is 15.9. The molecule has 1 aliphatic rings. The predicted octanol–water partition coefficient (Wildman–Crippen LogP) is 2.00. The molecule has 1 aliphatic carbocycles. The van der Waals surface area contributed by atoms with Crippen LogP contribution in [0.2, 0.25) is 0 Å². The highest BCUT2D eigenvalue weighted by Gasteiger charge is 2.28. The third kappa shape index (κ3) is 3.71. The molecule has 30 heavy (non-hydrogen) atoms. The maximum absolute atomic E-state index is 13.2. The number of carboxylic acid groups (broad SMARTS) is 1. The van der Waals surface area contributed by atoms with Crippen LogP contribution in [0.15, 0.2) is 30.5 Å². The molecule has 2 amide bonds. The van der Waals surface area contributed by atoms with Crippen LogP contribution >= 0.6 is 0 Å². The SMILES string of the molecule is NC(=O)c1c2c(nn1CCCNC(=O)O)-c1nc(-c3ccc(F)cc3)ncc1CC2. The lowest BCUT2D eigenvalue weighted by molar-refractivity contribution is 0.0988. The predicted molar refractivity (Wildman–Crippen MR) is 105 cm³/mol. The first-order valence-corrected chi connectivity index (χ1v) is 9.42. The van der Waals surface area contributed by atoms with Crippen molar-refractivity contribution >= 4 is 12.0 Å². The minimum absolute atomic E-state index is 0.228. The van der Waals surface area contributed by atoms with E-state index in [0.717, 1.165) is 11.1 Å². The van der Waals surface area contributed by atoms with Gasteiger partial charge in [0.05, 0.1) is 5.69 Å². The van der Waals surface area contributed by atoms with E-state index in [1.54, 1.807) is 18.3 Å². The molecule has 0 saturated carbocycles. The number of fused-ring (bicyclic) bond motifs is 3. The van der Waals surface area contributed by atoms with Crippen molar-refractivity contribution in [2.75, 3.05) is 6.54 Å². The zero-order valence-corrected chi connectivity index (χ0v) is 15.9. The summed E-state index contributed by atoms with van der Waals surface area (Å²) in [6.45, 7) is 0.558. The number of rotatable bonds is 6. The number of nitrogens with one attached hydrogen (secondary N) is 1. The summed E-state index contributed by atoms with van der Waals surface area (Å²) in [7, 11) is 0. The number of hydrogen-bond donors (Lipinski definition) is 3. The lowest BCUT2D eigenvalue weighted by Gasteiger charge is -2.15. The molecule has 0 aliphatic heterocycles. The van der Waals surface area contributed by atoms with E-state index in [-0.39, 0.29) is 12.4 Å². The molecule has 154 valence electrons. The normalized spacial score (nSPS) is 12.2. The summed E-state index contributed by atoms with van der Waals surface area (Å²) < 4.78 is 14.8. The average molecular weight is 410 g/mol. The van der Waals surface area contributed by atoms with Crippen LogP contribution in [0.5, 0.6) is 0 Å². The van der Waals surface area contributed by atoms with Gasteiger partial charge in [0.15, 0.2) is 5.82 Å². The van der Waals surface area contributed by atoms with Crippen molar-refractivity contribution in [2.45, 2.75) is 25.8 Å². The van der Waals surface area contributed by atoms with Crippen molar-refractivity contribution in [2.24, 2.45) is 5.73 Å². The van der Waals surface area contributed by atoms with E-state index in [1.165, 1.54) is 16.8 Å². The highest BCUT2D eigenvalue weighted by atomic mass is 19.1. The average Bonchev–Trinajstić information content (AvgIpc) is 3.10. The van der Waals surface area contributed by atoms with E-state index in [9.17, 15) is 14.0 Å². The second-order valence-electron chi connectivity index (χ2n) is 6.92. The first-order chi connectivity index (χ1) is 14.4. The molecule has 0 atom stereocenters. The monoisotopic (exact) mass is 410 g/mol. The third-order valence-corrected chi connectivity index (χ3v) is 4.94. The first-order valence-electron chi connectivity index (χ1n) is 9.42. The van der Waals surface area contributed by atoms with Crippen LogP contribution in [0.25, 0.3) is 22.8 Å². The Bertz CT molecular complexity index is 1130. The molecule has 3 aromatic rings.